The van der Waals surface area contributed by atoms with Gasteiger partial charge in [0.15, 0.2) is 0 Å². The third kappa shape index (κ3) is 3.52. The van der Waals surface area contributed by atoms with Gasteiger partial charge >= 0.3 is 0 Å². The first-order chi connectivity index (χ1) is 12.8. The summed E-state index contributed by atoms with van der Waals surface area (Å²) in [6.07, 6.45) is 5.58. The first-order valence-corrected chi connectivity index (χ1v) is 9.10. The minimum absolute atomic E-state index is 0.251. The van der Waals surface area contributed by atoms with E-state index >= 15 is 0 Å². The van der Waals surface area contributed by atoms with Crippen molar-refractivity contribution in [2.75, 3.05) is 18.0 Å². The molecular formula is C21H22N4O. The van der Waals surface area contributed by atoms with Crippen LogP contribution in [0.3, 0.4) is 0 Å². The van der Waals surface area contributed by atoms with Crippen LogP contribution in [0.1, 0.15) is 19.3 Å². The fourth-order valence-electron chi connectivity index (χ4n) is 3.57. The van der Waals surface area contributed by atoms with E-state index < -0.39 is 0 Å². The molecule has 1 N–H and O–H groups in total. The van der Waals surface area contributed by atoms with E-state index in [9.17, 15) is 4.79 Å². The van der Waals surface area contributed by atoms with Crippen molar-refractivity contribution < 1.29 is 4.79 Å². The van der Waals surface area contributed by atoms with Crippen LogP contribution >= 0.6 is 0 Å². The molecule has 2 aromatic carbocycles. The van der Waals surface area contributed by atoms with Gasteiger partial charge in [-0.3, -0.25) is 4.79 Å². The predicted octanol–water partition coefficient (Wildman–Crippen LogP) is 3.40. The molecule has 0 aliphatic carbocycles. The summed E-state index contributed by atoms with van der Waals surface area (Å²) in [5, 5.41) is 5.34. The van der Waals surface area contributed by atoms with Crippen molar-refractivity contribution in [2.45, 2.75) is 25.3 Å². The number of hydrogen-bond donors (Lipinski definition) is 1. The second-order valence-corrected chi connectivity index (χ2v) is 6.70. The van der Waals surface area contributed by atoms with Crippen molar-refractivity contribution in [3.8, 4) is 11.3 Å². The van der Waals surface area contributed by atoms with Crippen LogP contribution in [0, 0.1) is 0 Å². The Hall–Kier alpha value is -2.95. The highest BCUT2D eigenvalue weighted by Gasteiger charge is 2.18. The number of nitrogens with one attached hydrogen (secondary N) is 1. The minimum Gasteiger partial charge on any atom is -0.356 e. The molecule has 0 bridgehead atoms. The lowest BCUT2D eigenvalue weighted by Crippen LogP contribution is -2.30. The van der Waals surface area contributed by atoms with E-state index in [0.717, 1.165) is 56.0 Å². The molecule has 1 atom stereocenters. The van der Waals surface area contributed by atoms with Gasteiger partial charge in [-0.15, -0.1) is 0 Å². The van der Waals surface area contributed by atoms with E-state index in [1.165, 1.54) is 10.8 Å². The number of carbonyl (C=O) groups is 1. The lowest BCUT2D eigenvalue weighted by Gasteiger charge is -2.20. The van der Waals surface area contributed by atoms with Crippen LogP contribution in [0.15, 0.2) is 54.7 Å². The number of anilines is 1. The highest BCUT2D eigenvalue weighted by atomic mass is 16.1. The number of aromatic nitrogens is 2. The number of amides is 1. The molecule has 1 unspecified atom stereocenters. The Labute approximate surface area is 153 Å². The van der Waals surface area contributed by atoms with Crippen molar-refractivity contribution in [1.82, 2.24) is 15.3 Å². The standard InChI is InChI=1S/C21H22N4O/c26-15-23-19-6-3-12-25(13-10-19)21-22-11-9-20(24-21)18-8-7-16-4-1-2-5-17(16)14-18/h1-2,4-5,7-9,11,14-15,19H,3,6,10,12-13H2,(H,23,26). The van der Waals surface area contributed by atoms with Gasteiger partial charge in [-0.05, 0) is 42.2 Å². The highest BCUT2D eigenvalue weighted by molar-refractivity contribution is 5.86. The normalized spacial score (nSPS) is 17.7. The third-order valence-electron chi connectivity index (χ3n) is 5.00. The summed E-state index contributed by atoms with van der Waals surface area (Å²) in [5.74, 6) is 0.766. The van der Waals surface area contributed by atoms with E-state index in [1.54, 1.807) is 0 Å². The SMILES string of the molecule is O=CNC1CCCN(c2nccc(-c3ccc4ccccc4c3)n2)CC1. The fourth-order valence-corrected chi connectivity index (χ4v) is 3.57. The average molecular weight is 346 g/mol. The maximum absolute atomic E-state index is 10.7. The van der Waals surface area contributed by atoms with Gasteiger partial charge in [0.2, 0.25) is 12.4 Å². The number of nitrogens with zero attached hydrogens (tertiary/aromatic N) is 3. The number of rotatable bonds is 4. The fraction of sp³-hybridized carbons (Fsp3) is 0.286. The van der Waals surface area contributed by atoms with Crippen molar-refractivity contribution in [2.24, 2.45) is 0 Å². The summed E-state index contributed by atoms with van der Waals surface area (Å²) in [6.45, 7) is 1.77. The summed E-state index contributed by atoms with van der Waals surface area (Å²) in [7, 11) is 0. The highest BCUT2D eigenvalue weighted by Crippen LogP contribution is 2.24. The Morgan fingerprint density at radius 2 is 1.92 bits per heavy atom. The Morgan fingerprint density at radius 1 is 1.04 bits per heavy atom. The topological polar surface area (TPSA) is 58.1 Å². The van der Waals surface area contributed by atoms with Crippen LogP contribution in [-0.2, 0) is 4.79 Å². The number of benzene rings is 2. The van der Waals surface area contributed by atoms with Crippen LogP contribution in [-0.4, -0.2) is 35.5 Å². The molecule has 1 aliphatic heterocycles. The molecule has 0 radical (unpaired) electrons. The lowest BCUT2D eigenvalue weighted by molar-refractivity contribution is -0.110. The van der Waals surface area contributed by atoms with Crippen LogP contribution < -0.4 is 10.2 Å². The van der Waals surface area contributed by atoms with Gasteiger partial charge < -0.3 is 10.2 Å². The quantitative estimate of drug-likeness (QED) is 0.736. The van der Waals surface area contributed by atoms with Gasteiger partial charge in [-0.1, -0.05) is 36.4 Å². The van der Waals surface area contributed by atoms with Crippen LogP contribution in [0.25, 0.3) is 22.0 Å². The molecule has 1 fully saturated rings. The van der Waals surface area contributed by atoms with Gasteiger partial charge in [0.05, 0.1) is 5.69 Å². The molecule has 26 heavy (non-hydrogen) atoms. The molecule has 5 nitrogen and oxygen atoms in total. The van der Waals surface area contributed by atoms with Crippen molar-refractivity contribution >= 4 is 23.1 Å². The smallest absolute Gasteiger partial charge is 0.225 e. The summed E-state index contributed by atoms with van der Waals surface area (Å²) in [6, 6.07) is 17.0. The zero-order valence-corrected chi connectivity index (χ0v) is 14.6. The molecular weight excluding hydrogens is 324 g/mol. The summed E-state index contributed by atoms with van der Waals surface area (Å²) < 4.78 is 0. The number of hydrogen-bond acceptors (Lipinski definition) is 4. The molecule has 1 saturated heterocycles. The van der Waals surface area contributed by atoms with Gasteiger partial charge in [0, 0.05) is 30.9 Å². The van der Waals surface area contributed by atoms with Crippen LogP contribution in [0.2, 0.25) is 0 Å². The Morgan fingerprint density at radius 3 is 2.81 bits per heavy atom. The zero-order valence-electron chi connectivity index (χ0n) is 14.6. The second kappa shape index (κ2) is 7.52. The molecule has 1 aliphatic rings. The lowest BCUT2D eigenvalue weighted by atomic mass is 10.1. The number of fused-ring (bicyclic) bond motifs is 1. The van der Waals surface area contributed by atoms with Crippen LogP contribution in [0.5, 0.6) is 0 Å². The largest absolute Gasteiger partial charge is 0.356 e. The minimum atomic E-state index is 0.251. The third-order valence-corrected chi connectivity index (χ3v) is 5.00. The van der Waals surface area contributed by atoms with Gasteiger partial charge in [-0.2, -0.15) is 0 Å². The van der Waals surface area contributed by atoms with Crippen LogP contribution in [0.4, 0.5) is 5.95 Å². The molecule has 0 spiro atoms. The first-order valence-electron chi connectivity index (χ1n) is 9.10. The molecule has 1 amide bonds. The Bertz CT molecular complexity index is 911. The second-order valence-electron chi connectivity index (χ2n) is 6.70. The molecule has 2 heterocycles. The van der Waals surface area contributed by atoms with Crippen molar-refractivity contribution in [3.05, 3.63) is 54.7 Å². The Balaban J connectivity index is 1.58. The van der Waals surface area contributed by atoms with E-state index in [-0.39, 0.29) is 6.04 Å². The van der Waals surface area contributed by atoms with E-state index in [0.29, 0.717) is 0 Å². The molecule has 3 aromatic rings. The number of carbonyl (C=O) groups excluding carboxylic acids is 1. The molecule has 0 saturated carbocycles. The Kier molecular flexibility index (Phi) is 4.78. The average Bonchev–Trinajstić information content (AvgIpc) is 2.94. The maximum Gasteiger partial charge on any atom is 0.225 e. The zero-order chi connectivity index (χ0) is 17.8. The summed E-state index contributed by atoms with van der Waals surface area (Å²) in [5.41, 5.74) is 2.04. The monoisotopic (exact) mass is 346 g/mol. The first kappa shape index (κ1) is 16.5. The molecule has 1 aromatic heterocycles. The van der Waals surface area contributed by atoms with E-state index in [4.69, 9.17) is 4.98 Å². The summed E-state index contributed by atoms with van der Waals surface area (Å²) in [4.78, 5) is 22.2. The van der Waals surface area contributed by atoms with Gasteiger partial charge in [0.1, 0.15) is 0 Å². The van der Waals surface area contributed by atoms with Gasteiger partial charge in [0.25, 0.3) is 0 Å². The van der Waals surface area contributed by atoms with Crippen molar-refractivity contribution in [1.29, 1.82) is 0 Å². The predicted molar refractivity (Wildman–Crippen MR) is 104 cm³/mol. The van der Waals surface area contributed by atoms with Gasteiger partial charge in [-0.25, -0.2) is 9.97 Å². The van der Waals surface area contributed by atoms with E-state index in [1.807, 2.05) is 12.3 Å². The van der Waals surface area contributed by atoms with Crippen molar-refractivity contribution in [3.63, 3.8) is 0 Å². The van der Waals surface area contributed by atoms with E-state index in [2.05, 4.69) is 57.7 Å². The molecule has 5 heteroatoms. The summed E-state index contributed by atoms with van der Waals surface area (Å²) >= 11 is 0. The maximum atomic E-state index is 10.7. The molecule has 4 rings (SSSR count). The molecule has 132 valence electrons.